The highest BCUT2D eigenvalue weighted by atomic mass is 19.2. The number of hydrogen-bond acceptors (Lipinski definition) is 3. The first-order valence-corrected chi connectivity index (χ1v) is 3.91. The van der Waals surface area contributed by atoms with Gasteiger partial charge in [-0.15, -0.1) is 0 Å². The molecule has 1 heterocycles. The first-order chi connectivity index (χ1) is 6.63. The molecule has 2 aromatic rings. The number of halogens is 2. The first kappa shape index (κ1) is 8.89. The van der Waals surface area contributed by atoms with E-state index in [2.05, 4.69) is 10.4 Å². The van der Waals surface area contributed by atoms with Crippen molar-refractivity contribution in [2.45, 2.75) is 0 Å². The van der Waals surface area contributed by atoms with Crippen LogP contribution in [0.2, 0.25) is 0 Å². The number of aromatic nitrogens is 2. The van der Waals surface area contributed by atoms with Crippen molar-refractivity contribution in [1.82, 2.24) is 9.55 Å². The van der Waals surface area contributed by atoms with Crippen LogP contribution in [-0.2, 0) is 7.05 Å². The Morgan fingerprint density at radius 2 is 2.00 bits per heavy atom. The van der Waals surface area contributed by atoms with Crippen LogP contribution in [0.15, 0.2) is 12.1 Å². The number of anilines is 1. The summed E-state index contributed by atoms with van der Waals surface area (Å²) in [4.78, 5) is 3.95. The minimum atomic E-state index is -0.917. The predicted octanol–water partition coefficient (Wildman–Crippen LogP) is 1.14. The fraction of sp³-hybridized carbons (Fsp3) is 0.125. The van der Waals surface area contributed by atoms with Gasteiger partial charge < -0.3 is 4.57 Å². The smallest absolute Gasteiger partial charge is 0.218 e. The maximum Gasteiger partial charge on any atom is 0.218 e. The largest absolute Gasteiger partial charge is 0.312 e. The van der Waals surface area contributed by atoms with Crippen LogP contribution in [0, 0.1) is 11.6 Å². The number of hydrazine groups is 1. The molecule has 1 aromatic heterocycles. The second-order valence-corrected chi connectivity index (χ2v) is 2.89. The van der Waals surface area contributed by atoms with Gasteiger partial charge in [-0.25, -0.2) is 19.6 Å². The third kappa shape index (κ3) is 1.12. The molecule has 0 unspecified atom stereocenters. The summed E-state index contributed by atoms with van der Waals surface area (Å²) in [5.41, 5.74) is 3.17. The molecule has 0 aliphatic heterocycles. The zero-order chi connectivity index (χ0) is 10.3. The van der Waals surface area contributed by atoms with Crippen LogP contribution in [0.1, 0.15) is 0 Å². The van der Waals surface area contributed by atoms with Gasteiger partial charge in [0.25, 0.3) is 0 Å². The van der Waals surface area contributed by atoms with Crippen molar-refractivity contribution in [3.63, 3.8) is 0 Å². The Bertz CT molecular complexity index is 492. The van der Waals surface area contributed by atoms with Gasteiger partial charge in [0.15, 0.2) is 11.6 Å². The highest BCUT2D eigenvalue weighted by molar-refractivity contribution is 5.78. The van der Waals surface area contributed by atoms with Crippen LogP contribution in [0.5, 0.6) is 0 Å². The Kier molecular flexibility index (Phi) is 1.85. The number of aryl methyl sites for hydroxylation is 1. The van der Waals surface area contributed by atoms with E-state index in [1.165, 1.54) is 4.57 Å². The molecular formula is C8H8F2N4. The Labute approximate surface area is 78.3 Å². The molecule has 0 atom stereocenters. The molecule has 0 aliphatic carbocycles. The van der Waals surface area contributed by atoms with E-state index in [4.69, 9.17) is 5.84 Å². The van der Waals surface area contributed by atoms with Gasteiger partial charge >= 0.3 is 0 Å². The average Bonchev–Trinajstić information content (AvgIpc) is 2.45. The number of benzene rings is 1. The summed E-state index contributed by atoms with van der Waals surface area (Å²) in [6, 6.07) is 2.12. The number of fused-ring (bicyclic) bond motifs is 1. The van der Waals surface area contributed by atoms with Gasteiger partial charge in [-0.2, -0.15) is 0 Å². The highest BCUT2D eigenvalue weighted by Crippen LogP contribution is 2.20. The van der Waals surface area contributed by atoms with Crippen molar-refractivity contribution in [3.8, 4) is 0 Å². The highest BCUT2D eigenvalue weighted by Gasteiger charge is 2.10. The molecule has 0 spiro atoms. The summed E-state index contributed by atoms with van der Waals surface area (Å²) >= 11 is 0. The number of nitrogens with zero attached hydrogens (tertiary/aromatic N) is 2. The molecule has 6 heteroatoms. The van der Waals surface area contributed by atoms with Crippen LogP contribution >= 0.6 is 0 Å². The molecule has 0 fully saturated rings. The van der Waals surface area contributed by atoms with Crippen LogP contribution in [0.4, 0.5) is 14.7 Å². The van der Waals surface area contributed by atoms with Gasteiger partial charge in [-0.1, -0.05) is 0 Å². The lowest BCUT2D eigenvalue weighted by Crippen LogP contribution is -2.11. The van der Waals surface area contributed by atoms with E-state index in [1.54, 1.807) is 7.05 Å². The van der Waals surface area contributed by atoms with Crippen LogP contribution in [-0.4, -0.2) is 9.55 Å². The second-order valence-electron chi connectivity index (χ2n) is 2.89. The Morgan fingerprint density at radius 1 is 1.36 bits per heavy atom. The maximum absolute atomic E-state index is 12.9. The Hall–Kier alpha value is -1.69. The quantitative estimate of drug-likeness (QED) is 0.533. The maximum atomic E-state index is 12.9. The predicted molar refractivity (Wildman–Crippen MR) is 48.4 cm³/mol. The number of nitrogens with one attached hydrogen (secondary N) is 1. The standard InChI is InChI=1S/C8H8F2N4/c1-14-7-3-5(10)4(9)2-6(7)12-8(14)13-11/h2-3H,11H2,1H3,(H,12,13). The van der Waals surface area contributed by atoms with E-state index < -0.39 is 11.6 Å². The fourth-order valence-electron chi connectivity index (χ4n) is 1.32. The number of nitrogen functional groups attached to an aromatic ring is 1. The van der Waals surface area contributed by atoms with Gasteiger partial charge in [0.1, 0.15) is 0 Å². The SMILES string of the molecule is Cn1c(NN)nc2cc(F)c(F)cc21. The zero-order valence-electron chi connectivity index (χ0n) is 7.38. The third-order valence-electron chi connectivity index (χ3n) is 2.05. The normalized spacial score (nSPS) is 10.9. The summed E-state index contributed by atoms with van der Waals surface area (Å²) in [5.74, 6) is 3.71. The minimum Gasteiger partial charge on any atom is -0.312 e. The molecule has 74 valence electrons. The minimum absolute atomic E-state index is 0.352. The van der Waals surface area contributed by atoms with Crippen molar-refractivity contribution in [2.24, 2.45) is 12.9 Å². The molecule has 3 N–H and O–H groups in total. The van der Waals surface area contributed by atoms with Gasteiger partial charge in [0.2, 0.25) is 5.95 Å². The van der Waals surface area contributed by atoms with Crippen molar-refractivity contribution >= 4 is 17.0 Å². The lowest BCUT2D eigenvalue weighted by molar-refractivity contribution is 0.510. The molecule has 1 aromatic carbocycles. The molecule has 0 radical (unpaired) electrons. The van der Waals surface area contributed by atoms with Gasteiger partial charge in [-0.05, 0) is 0 Å². The van der Waals surface area contributed by atoms with Crippen LogP contribution in [0.3, 0.4) is 0 Å². The lowest BCUT2D eigenvalue weighted by atomic mass is 10.3. The van der Waals surface area contributed by atoms with Gasteiger partial charge in [-0.3, -0.25) is 5.43 Å². The summed E-state index contributed by atoms with van der Waals surface area (Å²) in [7, 11) is 1.65. The van der Waals surface area contributed by atoms with Crippen molar-refractivity contribution in [3.05, 3.63) is 23.8 Å². The van der Waals surface area contributed by atoms with Crippen molar-refractivity contribution < 1.29 is 8.78 Å². The molecule has 0 amide bonds. The van der Waals surface area contributed by atoms with E-state index in [0.717, 1.165) is 12.1 Å². The van der Waals surface area contributed by atoms with Gasteiger partial charge in [0.05, 0.1) is 11.0 Å². The van der Waals surface area contributed by atoms with Crippen molar-refractivity contribution in [1.29, 1.82) is 0 Å². The lowest BCUT2D eigenvalue weighted by Gasteiger charge is -1.99. The summed E-state index contributed by atoms with van der Waals surface area (Å²) in [6.07, 6.45) is 0. The van der Waals surface area contributed by atoms with E-state index in [1.807, 2.05) is 0 Å². The summed E-state index contributed by atoms with van der Waals surface area (Å²) in [6.45, 7) is 0. The molecule has 0 bridgehead atoms. The molecule has 0 saturated heterocycles. The van der Waals surface area contributed by atoms with Gasteiger partial charge in [0, 0.05) is 19.2 Å². The summed E-state index contributed by atoms with van der Waals surface area (Å²) in [5, 5.41) is 0. The topological polar surface area (TPSA) is 55.9 Å². The first-order valence-electron chi connectivity index (χ1n) is 3.91. The second kappa shape index (κ2) is 2.91. The molecule has 14 heavy (non-hydrogen) atoms. The third-order valence-corrected chi connectivity index (χ3v) is 2.05. The fourth-order valence-corrected chi connectivity index (χ4v) is 1.32. The molecule has 0 saturated carbocycles. The monoisotopic (exact) mass is 198 g/mol. The van der Waals surface area contributed by atoms with E-state index in [-0.39, 0.29) is 0 Å². The number of nitrogens with two attached hydrogens (primary N) is 1. The molecule has 0 aliphatic rings. The Morgan fingerprint density at radius 3 is 2.64 bits per heavy atom. The average molecular weight is 198 g/mol. The van der Waals surface area contributed by atoms with E-state index in [0.29, 0.717) is 17.0 Å². The zero-order valence-corrected chi connectivity index (χ0v) is 7.38. The van der Waals surface area contributed by atoms with E-state index >= 15 is 0 Å². The molecule has 2 rings (SSSR count). The van der Waals surface area contributed by atoms with Crippen LogP contribution < -0.4 is 11.3 Å². The van der Waals surface area contributed by atoms with E-state index in [9.17, 15) is 8.78 Å². The number of imidazole rings is 1. The molecular weight excluding hydrogens is 190 g/mol. The summed E-state index contributed by atoms with van der Waals surface area (Å²) < 4.78 is 27.2. The Balaban J connectivity index is 2.80. The van der Waals surface area contributed by atoms with Crippen LogP contribution in [0.25, 0.3) is 11.0 Å². The molecule has 4 nitrogen and oxygen atoms in total. The number of rotatable bonds is 1. The van der Waals surface area contributed by atoms with Crippen molar-refractivity contribution in [2.75, 3.05) is 5.43 Å². The number of hydrogen-bond donors (Lipinski definition) is 2.